The third-order valence-corrected chi connectivity index (χ3v) is 11.1. The summed E-state index contributed by atoms with van der Waals surface area (Å²) in [5.74, 6) is 0.295. The first-order valence-corrected chi connectivity index (χ1v) is 20.3. The highest BCUT2D eigenvalue weighted by atomic mass is 35.5. The van der Waals surface area contributed by atoms with Crippen molar-refractivity contribution in [2.45, 2.75) is 57.9 Å². The molecule has 5 rings (SSSR count). The topological polar surface area (TPSA) is 96.9 Å². The third kappa shape index (κ3) is 8.55. The van der Waals surface area contributed by atoms with Gasteiger partial charge in [-0.15, -0.1) is 11.3 Å². The average molecular weight is 680 g/mol. The van der Waals surface area contributed by atoms with Gasteiger partial charge in [0.1, 0.15) is 17.4 Å². The number of para-hydroxylation sites is 1. The molecule has 0 saturated heterocycles. The van der Waals surface area contributed by atoms with Crippen LogP contribution in [0.4, 0.5) is 0 Å². The molecule has 0 aliphatic rings. The molecule has 244 valence electrons. The molecule has 3 heterocycles. The number of pyridine rings is 1. The van der Waals surface area contributed by atoms with Gasteiger partial charge in [-0.3, -0.25) is 14.5 Å². The van der Waals surface area contributed by atoms with Crippen molar-refractivity contribution in [1.29, 1.82) is 0 Å². The van der Waals surface area contributed by atoms with Gasteiger partial charge < -0.3 is 24.1 Å². The summed E-state index contributed by atoms with van der Waals surface area (Å²) in [6.45, 7) is 9.22. The molecule has 1 unspecified atom stereocenters. The number of furan rings is 1. The number of carbonyl (C=O) groups excluding carboxylic acids is 1. The number of ether oxygens (including phenoxy) is 1. The van der Waals surface area contributed by atoms with E-state index in [1.807, 2.05) is 66.0 Å². The molecule has 0 bridgehead atoms. The van der Waals surface area contributed by atoms with Crippen molar-refractivity contribution in [2.24, 2.45) is 7.05 Å². The third-order valence-electron chi connectivity index (χ3n) is 7.93. The Labute approximate surface area is 279 Å². The summed E-state index contributed by atoms with van der Waals surface area (Å²) in [7, 11) is 2.58. The molecule has 2 aromatic carbocycles. The number of hydrogen-bond acceptors (Lipinski definition) is 7. The van der Waals surface area contributed by atoms with Crippen LogP contribution in [0.3, 0.4) is 0 Å². The summed E-state index contributed by atoms with van der Waals surface area (Å²) in [6, 6.07) is 17.9. The van der Waals surface area contributed by atoms with Gasteiger partial charge >= 0.3 is 0 Å². The number of likely N-dealkylation sites (N-methyl/N-ethyl adjacent to an activating group) is 1. The first-order valence-electron chi connectivity index (χ1n) is 15.4. The van der Waals surface area contributed by atoms with Gasteiger partial charge in [-0.2, -0.15) is 0 Å². The largest absolute Gasteiger partial charge is 0.458 e. The molecule has 0 aliphatic heterocycles. The molecule has 1 atom stereocenters. The molecule has 11 heteroatoms. The molecule has 0 radical (unpaired) electrons. The molecular weight excluding hydrogens is 638 g/mol. The van der Waals surface area contributed by atoms with Crippen LogP contribution in [-0.2, 0) is 42.7 Å². The summed E-state index contributed by atoms with van der Waals surface area (Å²) >= 11 is 7.41. The fourth-order valence-electron chi connectivity index (χ4n) is 5.39. The number of hydrogen-bond donors (Lipinski definition) is 2. The number of amides is 1. The molecule has 0 saturated carbocycles. The van der Waals surface area contributed by atoms with E-state index in [0.717, 1.165) is 38.5 Å². The summed E-state index contributed by atoms with van der Waals surface area (Å²) in [5, 5.41) is 15.5. The Morgan fingerprint density at radius 2 is 1.91 bits per heavy atom. The maximum atomic E-state index is 13.8. The molecule has 3 aromatic heterocycles. The number of fused-ring (bicyclic) bond motifs is 2. The first kappa shape index (κ1) is 34.1. The number of thiophene rings is 1. The SMILES string of the molecule is CN(Cc1sc2c(=O)c(CC(=O)NCc3ccc(Cl)cc3)cn(C)c2c1COCC[Si](C)(C)C)CC(O)c1cc2ccccc2o1. The van der Waals surface area contributed by atoms with Crippen molar-refractivity contribution >= 4 is 58.1 Å². The summed E-state index contributed by atoms with van der Waals surface area (Å²) in [5.41, 5.74) is 3.77. The second-order valence-electron chi connectivity index (χ2n) is 13.1. The van der Waals surface area contributed by atoms with Gasteiger partial charge in [0.25, 0.3) is 0 Å². The number of carbonyl (C=O) groups is 1. The van der Waals surface area contributed by atoms with Crippen LogP contribution < -0.4 is 10.7 Å². The van der Waals surface area contributed by atoms with E-state index in [1.165, 1.54) is 11.3 Å². The zero-order chi connectivity index (χ0) is 33.0. The van der Waals surface area contributed by atoms with Crippen LogP contribution in [0.25, 0.3) is 21.2 Å². The van der Waals surface area contributed by atoms with Gasteiger partial charge in [0.2, 0.25) is 11.3 Å². The van der Waals surface area contributed by atoms with E-state index >= 15 is 0 Å². The van der Waals surface area contributed by atoms with Gasteiger partial charge in [0.05, 0.1) is 23.2 Å². The van der Waals surface area contributed by atoms with Crippen LogP contribution in [0.2, 0.25) is 30.7 Å². The molecule has 2 N–H and O–H groups in total. The van der Waals surface area contributed by atoms with Crippen LogP contribution in [-0.4, -0.2) is 48.8 Å². The van der Waals surface area contributed by atoms with Crippen molar-refractivity contribution in [3.8, 4) is 0 Å². The van der Waals surface area contributed by atoms with E-state index < -0.39 is 14.2 Å². The lowest BCUT2D eigenvalue weighted by atomic mass is 10.1. The van der Waals surface area contributed by atoms with Gasteiger partial charge in [-0.25, -0.2) is 0 Å². The van der Waals surface area contributed by atoms with Crippen molar-refractivity contribution in [3.63, 3.8) is 0 Å². The Morgan fingerprint density at radius 3 is 2.63 bits per heavy atom. The van der Waals surface area contributed by atoms with Crippen LogP contribution in [0.5, 0.6) is 0 Å². The molecule has 8 nitrogen and oxygen atoms in total. The zero-order valence-electron chi connectivity index (χ0n) is 27.1. The van der Waals surface area contributed by atoms with Gasteiger partial charge in [0.15, 0.2) is 0 Å². The highest BCUT2D eigenvalue weighted by Crippen LogP contribution is 2.32. The average Bonchev–Trinajstić information content (AvgIpc) is 3.59. The number of benzene rings is 2. The van der Waals surface area contributed by atoms with Crippen molar-refractivity contribution < 1.29 is 19.1 Å². The van der Waals surface area contributed by atoms with Gasteiger partial charge in [0, 0.05) is 74.0 Å². The fourth-order valence-corrected chi connectivity index (χ4v) is 7.67. The lowest BCUT2D eigenvalue weighted by Gasteiger charge is -2.20. The van der Waals surface area contributed by atoms with E-state index in [1.54, 1.807) is 18.3 Å². The number of aliphatic hydroxyl groups is 1. The zero-order valence-corrected chi connectivity index (χ0v) is 29.6. The number of aliphatic hydroxyl groups excluding tert-OH is 1. The summed E-state index contributed by atoms with van der Waals surface area (Å²) in [4.78, 5) is 29.7. The summed E-state index contributed by atoms with van der Waals surface area (Å²) < 4.78 is 14.7. The van der Waals surface area contributed by atoms with Gasteiger partial charge in [-0.05, 0) is 42.9 Å². The van der Waals surface area contributed by atoms with Crippen LogP contribution in [0.1, 0.15) is 33.4 Å². The Hall–Kier alpha value is -3.25. The summed E-state index contributed by atoms with van der Waals surface area (Å²) in [6.07, 6.45) is 0.936. The maximum absolute atomic E-state index is 13.8. The van der Waals surface area contributed by atoms with E-state index in [2.05, 4.69) is 25.0 Å². The van der Waals surface area contributed by atoms with Crippen molar-refractivity contribution in [2.75, 3.05) is 20.2 Å². The normalized spacial score (nSPS) is 12.8. The van der Waals surface area contributed by atoms with E-state index in [-0.39, 0.29) is 17.8 Å². The minimum atomic E-state index is -1.28. The van der Waals surface area contributed by atoms with E-state index in [4.69, 9.17) is 20.8 Å². The Morgan fingerprint density at radius 1 is 1.17 bits per heavy atom. The van der Waals surface area contributed by atoms with E-state index in [9.17, 15) is 14.7 Å². The molecule has 0 fully saturated rings. The number of rotatable bonds is 14. The standard InChI is InChI=1S/C35H42ClN3O5SSi/c1-38(20-28(40)30-16-24-8-6-7-9-29(24)44-30)21-31-27(22-43-14-15-46(3,4)5)33-35(45-31)34(42)25(19-39(33)2)17-32(41)37-18-23-10-12-26(36)13-11-23/h6-13,16,19,28,40H,14-15,17-18,20-22H2,1-5H3,(H,37,41). The van der Waals surface area contributed by atoms with Crippen molar-refractivity contribution in [3.05, 3.63) is 103 Å². The minimum absolute atomic E-state index is 0.0188. The molecular formula is C35H42ClN3O5SSi. The van der Waals surface area contributed by atoms with Crippen LogP contribution in [0, 0.1) is 0 Å². The van der Waals surface area contributed by atoms with Gasteiger partial charge in [-0.1, -0.05) is 61.6 Å². The predicted octanol–water partition coefficient (Wildman–Crippen LogP) is 6.88. The highest BCUT2D eigenvalue weighted by Gasteiger charge is 2.23. The number of nitrogens with zero attached hydrogens (tertiary/aromatic N) is 2. The fraction of sp³-hybridized carbons (Fsp3) is 0.371. The first-order chi connectivity index (χ1) is 21.9. The molecule has 1 amide bonds. The van der Waals surface area contributed by atoms with Crippen LogP contribution in [0.15, 0.2) is 70.0 Å². The monoisotopic (exact) mass is 679 g/mol. The Kier molecular flexibility index (Phi) is 10.9. The Balaban J connectivity index is 1.36. The minimum Gasteiger partial charge on any atom is -0.458 e. The van der Waals surface area contributed by atoms with Crippen molar-refractivity contribution in [1.82, 2.24) is 14.8 Å². The lowest BCUT2D eigenvalue weighted by molar-refractivity contribution is -0.120. The number of aryl methyl sites for hydroxylation is 1. The number of nitrogens with one attached hydrogen (secondary N) is 1. The number of aromatic nitrogens is 1. The highest BCUT2D eigenvalue weighted by molar-refractivity contribution is 7.19. The maximum Gasteiger partial charge on any atom is 0.224 e. The second-order valence-corrected chi connectivity index (χ2v) is 20.3. The number of halogens is 1. The molecule has 0 spiro atoms. The quantitative estimate of drug-likeness (QED) is 0.0982. The smallest absolute Gasteiger partial charge is 0.224 e. The van der Waals surface area contributed by atoms with Crippen LogP contribution >= 0.6 is 22.9 Å². The Bertz CT molecular complexity index is 1840. The predicted molar refractivity (Wildman–Crippen MR) is 189 cm³/mol. The molecule has 0 aliphatic carbocycles. The molecule has 46 heavy (non-hydrogen) atoms. The molecule has 5 aromatic rings. The second kappa shape index (κ2) is 14.7. The lowest BCUT2D eigenvalue weighted by Crippen LogP contribution is -2.27. The van der Waals surface area contributed by atoms with E-state index in [0.29, 0.717) is 53.9 Å².